The van der Waals surface area contributed by atoms with E-state index in [1.54, 1.807) is 6.33 Å². The summed E-state index contributed by atoms with van der Waals surface area (Å²) in [5.74, 6) is 0. The summed E-state index contributed by atoms with van der Waals surface area (Å²) in [6.07, 6.45) is 2.82. The average Bonchev–Trinajstić information content (AvgIpc) is 2.81. The van der Waals surface area contributed by atoms with Crippen molar-refractivity contribution in [2.75, 3.05) is 0 Å². The molecule has 3 rings (SSSR count). The molecule has 2 N–H and O–H groups in total. The molecule has 0 aliphatic heterocycles. The monoisotopic (exact) mass is 319 g/mol. The second-order valence-corrected chi connectivity index (χ2v) is 4.93. The van der Waals surface area contributed by atoms with Crippen molar-refractivity contribution in [3.8, 4) is 0 Å². The molecule has 0 aliphatic rings. The van der Waals surface area contributed by atoms with Gasteiger partial charge in [-0.2, -0.15) is 4.73 Å². The van der Waals surface area contributed by atoms with Crippen LogP contribution in [0.15, 0.2) is 41.4 Å². The van der Waals surface area contributed by atoms with Gasteiger partial charge in [-0.25, -0.2) is 9.97 Å². The van der Waals surface area contributed by atoms with Gasteiger partial charge in [-0.15, -0.1) is 0 Å². The van der Waals surface area contributed by atoms with Gasteiger partial charge in [0.2, 0.25) is 0 Å². The SMILES string of the molecule is N=c1c2ncn(Cc3ccccc3Br)c2ncn1O. The number of hydrogen-bond donors (Lipinski definition) is 2. The number of imidazole rings is 1. The molecule has 2 heterocycles. The van der Waals surface area contributed by atoms with Crippen LogP contribution in [-0.4, -0.2) is 24.5 Å². The van der Waals surface area contributed by atoms with E-state index in [1.807, 2.05) is 28.8 Å². The molecule has 0 spiro atoms. The normalized spacial score (nSPS) is 11.0. The smallest absolute Gasteiger partial charge is 0.192 e. The van der Waals surface area contributed by atoms with E-state index in [0.29, 0.717) is 22.4 Å². The second-order valence-electron chi connectivity index (χ2n) is 4.07. The van der Waals surface area contributed by atoms with E-state index in [4.69, 9.17) is 5.41 Å². The molecule has 0 amide bonds. The van der Waals surface area contributed by atoms with Crippen LogP contribution in [-0.2, 0) is 6.54 Å². The summed E-state index contributed by atoms with van der Waals surface area (Å²) in [6.45, 7) is 0.597. The predicted octanol–water partition coefficient (Wildman–Crippen LogP) is 1.76. The van der Waals surface area contributed by atoms with Gasteiger partial charge in [0.15, 0.2) is 16.7 Å². The summed E-state index contributed by atoms with van der Waals surface area (Å²) in [6, 6.07) is 7.89. The fraction of sp³-hybridized carbons (Fsp3) is 0.0833. The highest BCUT2D eigenvalue weighted by Gasteiger charge is 2.09. The Labute approximate surface area is 116 Å². The first-order valence-electron chi connectivity index (χ1n) is 5.56. The van der Waals surface area contributed by atoms with Crippen LogP contribution in [0.25, 0.3) is 11.2 Å². The number of hydrogen-bond acceptors (Lipinski definition) is 4. The fourth-order valence-corrected chi connectivity index (χ4v) is 2.29. The number of fused-ring (bicyclic) bond motifs is 1. The number of rotatable bonds is 2. The number of aromatic nitrogens is 4. The van der Waals surface area contributed by atoms with Gasteiger partial charge >= 0.3 is 0 Å². The van der Waals surface area contributed by atoms with Crippen LogP contribution in [0.1, 0.15) is 5.56 Å². The van der Waals surface area contributed by atoms with Gasteiger partial charge in [-0.1, -0.05) is 34.1 Å². The first-order valence-corrected chi connectivity index (χ1v) is 6.36. The molecule has 0 aliphatic carbocycles. The summed E-state index contributed by atoms with van der Waals surface area (Å²) in [4.78, 5) is 8.23. The number of nitrogens with one attached hydrogen (secondary N) is 1. The summed E-state index contributed by atoms with van der Waals surface area (Å²) in [5, 5.41) is 17.1. The number of benzene rings is 1. The lowest BCUT2D eigenvalue weighted by Gasteiger charge is -2.06. The van der Waals surface area contributed by atoms with Crippen LogP contribution in [0.3, 0.4) is 0 Å². The van der Waals surface area contributed by atoms with Crippen LogP contribution >= 0.6 is 15.9 Å². The zero-order chi connectivity index (χ0) is 13.4. The van der Waals surface area contributed by atoms with E-state index in [0.717, 1.165) is 10.0 Å². The standard InChI is InChI=1S/C12H10BrN5O/c13-9-4-2-1-3-8(9)5-17-6-15-10-11(14)18(19)7-16-12(10)17/h1-4,6-7,14,19H,5H2. The zero-order valence-electron chi connectivity index (χ0n) is 9.79. The quantitative estimate of drug-likeness (QED) is 0.706. The predicted molar refractivity (Wildman–Crippen MR) is 71.8 cm³/mol. The van der Waals surface area contributed by atoms with Crippen molar-refractivity contribution in [3.05, 3.63) is 52.4 Å². The van der Waals surface area contributed by atoms with Crippen LogP contribution in [0.2, 0.25) is 0 Å². The summed E-state index contributed by atoms with van der Waals surface area (Å²) in [7, 11) is 0. The van der Waals surface area contributed by atoms with Gasteiger partial charge in [-0.05, 0) is 11.6 Å². The molecule has 7 heteroatoms. The average molecular weight is 320 g/mol. The van der Waals surface area contributed by atoms with E-state index < -0.39 is 0 Å². The molecule has 19 heavy (non-hydrogen) atoms. The van der Waals surface area contributed by atoms with Crippen molar-refractivity contribution in [2.45, 2.75) is 6.54 Å². The van der Waals surface area contributed by atoms with Crippen LogP contribution in [0.5, 0.6) is 0 Å². The highest BCUT2D eigenvalue weighted by atomic mass is 79.9. The van der Waals surface area contributed by atoms with Gasteiger partial charge in [0.05, 0.1) is 12.9 Å². The Morgan fingerprint density at radius 2 is 2.00 bits per heavy atom. The Hall–Kier alpha value is -2.15. The van der Waals surface area contributed by atoms with Crippen molar-refractivity contribution < 1.29 is 5.21 Å². The fourth-order valence-electron chi connectivity index (χ4n) is 1.88. The molecule has 0 bridgehead atoms. The minimum absolute atomic E-state index is 0.0733. The molecule has 2 aromatic heterocycles. The van der Waals surface area contributed by atoms with E-state index >= 15 is 0 Å². The maximum absolute atomic E-state index is 9.37. The third-order valence-corrected chi connectivity index (χ3v) is 3.63. The molecule has 0 fully saturated rings. The Balaban J connectivity index is 2.10. The topological polar surface area (TPSA) is 79.7 Å². The van der Waals surface area contributed by atoms with Gasteiger partial charge < -0.3 is 9.77 Å². The third kappa shape index (κ3) is 2.01. The van der Waals surface area contributed by atoms with Gasteiger partial charge in [0.1, 0.15) is 6.33 Å². The molecular weight excluding hydrogens is 310 g/mol. The van der Waals surface area contributed by atoms with Crippen molar-refractivity contribution in [1.82, 2.24) is 19.3 Å². The Bertz CT molecular complexity index is 807. The number of halogens is 1. The molecule has 1 aromatic carbocycles. The molecule has 0 saturated carbocycles. The molecule has 0 radical (unpaired) electrons. The largest absolute Gasteiger partial charge is 0.425 e. The van der Waals surface area contributed by atoms with E-state index in [2.05, 4.69) is 25.9 Å². The lowest BCUT2D eigenvalue weighted by Crippen LogP contribution is -2.18. The molecule has 96 valence electrons. The maximum Gasteiger partial charge on any atom is 0.192 e. The van der Waals surface area contributed by atoms with E-state index in [1.165, 1.54) is 6.33 Å². The van der Waals surface area contributed by atoms with E-state index in [9.17, 15) is 5.21 Å². The van der Waals surface area contributed by atoms with Crippen molar-refractivity contribution >= 4 is 27.1 Å². The maximum atomic E-state index is 9.37. The second kappa shape index (κ2) is 4.51. The first kappa shape index (κ1) is 11.9. The van der Waals surface area contributed by atoms with E-state index in [-0.39, 0.29) is 5.49 Å². The highest BCUT2D eigenvalue weighted by molar-refractivity contribution is 9.10. The molecular formula is C12H10BrN5O. The third-order valence-electron chi connectivity index (χ3n) is 2.85. The van der Waals surface area contributed by atoms with Crippen LogP contribution < -0.4 is 5.49 Å². The molecule has 3 aromatic rings. The molecule has 6 nitrogen and oxygen atoms in total. The van der Waals surface area contributed by atoms with Crippen molar-refractivity contribution in [2.24, 2.45) is 0 Å². The van der Waals surface area contributed by atoms with Gasteiger partial charge in [0, 0.05) is 4.47 Å². The minimum Gasteiger partial charge on any atom is -0.425 e. The van der Waals surface area contributed by atoms with Crippen molar-refractivity contribution in [1.29, 1.82) is 5.41 Å². The summed E-state index contributed by atoms with van der Waals surface area (Å²) < 4.78 is 3.50. The van der Waals surface area contributed by atoms with Gasteiger partial charge in [0.25, 0.3) is 0 Å². The molecule has 0 unspecified atom stereocenters. The summed E-state index contributed by atoms with van der Waals surface area (Å²) in [5.41, 5.74) is 1.97. The first-order chi connectivity index (χ1) is 9.16. The van der Waals surface area contributed by atoms with Gasteiger partial charge in [-0.3, -0.25) is 5.41 Å². The lowest BCUT2D eigenvalue weighted by molar-refractivity contribution is 0.168. The Morgan fingerprint density at radius 3 is 2.79 bits per heavy atom. The minimum atomic E-state index is -0.0733. The van der Waals surface area contributed by atoms with Crippen LogP contribution in [0.4, 0.5) is 0 Å². The highest BCUT2D eigenvalue weighted by Crippen LogP contribution is 2.18. The zero-order valence-corrected chi connectivity index (χ0v) is 11.4. The molecule has 0 atom stereocenters. The molecule has 0 saturated heterocycles. The summed E-state index contributed by atoms with van der Waals surface area (Å²) >= 11 is 3.50. The Morgan fingerprint density at radius 1 is 1.21 bits per heavy atom. The Kier molecular flexibility index (Phi) is 2.83. The van der Waals surface area contributed by atoms with Crippen LogP contribution in [0, 0.1) is 5.41 Å². The lowest BCUT2D eigenvalue weighted by atomic mass is 10.2. The van der Waals surface area contributed by atoms with Crippen molar-refractivity contribution in [3.63, 3.8) is 0 Å². The number of nitrogens with zero attached hydrogens (tertiary/aromatic N) is 4.